The molecule has 0 N–H and O–H groups in total. The van der Waals surface area contributed by atoms with Crippen molar-refractivity contribution in [2.75, 3.05) is 0 Å². The molecule has 1 aromatic carbocycles. The zero-order valence-corrected chi connectivity index (χ0v) is 21.0. The first-order valence-corrected chi connectivity index (χ1v) is 13.2. The van der Waals surface area contributed by atoms with E-state index in [0.717, 1.165) is 65.8 Å². The van der Waals surface area contributed by atoms with Crippen LogP contribution < -0.4 is 4.74 Å². The summed E-state index contributed by atoms with van der Waals surface area (Å²) in [5.74, 6) is 1.38. The Kier molecular flexibility index (Phi) is 8.20. The van der Waals surface area contributed by atoms with Crippen LogP contribution in [0.1, 0.15) is 90.8 Å². The lowest BCUT2D eigenvalue weighted by atomic mass is 10.1. The first-order chi connectivity index (χ1) is 16.7. The van der Waals surface area contributed by atoms with Gasteiger partial charge in [-0.3, -0.25) is 9.20 Å². The van der Waals surface area contributed by atoms with Crippen molar-refractivity contribution >= 4 is 33.7 Å². The Morgan fingerprint density at radius 1 is 0.882 bits per heavy atom. The van der Waals surface area contributed by atoms with Crippen LogP contribution in [0.2, 0.25) is 0 Å². The van der Waals surface area contributed by atoms with E-state index < -0.39 is 0 Å². The van der Waals surface area contributed by atoms with Crippen LogP contribution in [0.5, 0.6) is 5.75 Å². The number of imidazole rings is 1. The zero-order valence-electron chi connectivity index (χ0n) is 21.0. The Hall–Kier alpha value is -2.89. The van der Waals surface area contributed by atoms with Crippen molar-refractivity contribution in [2.45, 2.75) is 97.9 Å². The van der Waals surface area contributed by atoms with Crippen molar-refractivity contribution < 1.29 is 9.53 Å². The number of unbranched alkanes of at least 4 members (excludes halogenated alkanes) is 6. The fourth-order valence-electron chi connectivity index (χ4n) is 4.73. The molecule has 182 valence electrons. The summed E-state index contributed by atoms with van der Waals surface area (Å²) in [6, 6.07) is 8.15. The number of hydrogen-bond donors (Lipinski definition) is 0. The minimum Gasteiger partial charge on any atom is -0.424 e. The van der Waals surface area contributed by atoms with Gasteiger partial charge in [0.1, 0.15) is 16.9 Å². The topological polar surface area (TPSA) is 61.4 Å². The number of carbonyl (C=O) groups excluding carboxylic acids is 1. The molecule has 0 bridgehead atoms. The zero-order chi connectivity index (χ0) is 23.9. The van der Waals surface area contributed by atoms with Crippen LogP contribution >= 0.6 is 0 Å². The van der Waals surface area contributed by atoms with Gasteiger partial charge in [0.15, 0.2) is 11.4 Å². The van der Waals surface area contributed by atoms with Gasteiger partial charge < -0.3 is 9.30 Å². The number of benzene rings is 1. The quantitative estimate of drug-likeness (QED) is 0.155. The van der Waals surface area contributed by atoms with E-state index in [9.17, 15) is 4.79 Å². The Morgan fingerprint density at radius 3 is 2.41 bits per heavy atom. The van der Waals surface area contributed by atoms with Crippen molar-refractivity contribution in [3.8, 4) is 5.75 Å². The van der Waals surface area contributed by atoms with E-state index in [1.54, 1.807) is 0 Å². The average Bonchev–Trinajstić information content (AvgIpc) is 3.37. The molecule has 4 rings (SSSR count). The predicted octanol–water partition coefficient (Wildman–Crippen LogP) is 7.25. The lowest BCUT2D eigenvalue weighted by Gasteiger charge is -2.09. The highest BCUT2D eigenvalue weighted by molar-refractivity contribution is 6.00. The second kappa shape index (κ2) is 11.5. The molecule has 0 aliphatic rings. The van der Waals surface area contributed by atoms with E-state index >= 15 is 0 Å². The fourth-order valence-corrected chi connectivity index (χ4v) is 4.73. The largest absolute Gasteiger partial charge is 0.424 e. The summed E-state index contributed by atoms with van der Waals surface area (Å²) in [6.07, 6.45) is 13.8. The van der Waals surface area contributed by atoms with Crippen LogP contribution in [0, 0.1) is 0 Å². The van der Waals surface area contributed by atoms with Gasteiger partial charge in [0.05, 0.1) is 11.0 Å². The number of aryl methyl sites for hydroxylation is 2. The van der Waals surface area contributed by atoms with Gasteiger partial charge in [-0.25, -0.2) is 9.97 Å². The van der Waals surface area contributed by atoms with Crippen LogP contribution in [0.25, 0.3) is 27.7 Å². The molecule has 0 unspecified atom stereocenters. The van der Waals surface area contributed by atoms with Gasteiger partial charge in [-0.05, 0) is 31.4 Å². The minimum atomic E-state index is -0.204. The van der Waals surface area contributed by atoms with Crippen molar-refractivity contribution in [1.29, 1.82) is 0 Å². The number of esters is 1. The molecule has 3 heterocycles. The molecule has 0 spiro atoms. The number of carbonyl (C=O) groups is 1. The Balaban J connectivity index is 1.75. The lowest BCUT2D eigenvalue weighted by Crippen LogP contribution is -2.07. The highest BCUT2D eigenvalue weighted by Gasteiger charge is 2.22. The molecule has 0 amide bonds. The maximum Gasteiger partial charge on any atom is 0.311 e. The number of nitrogens with zero attached hydrogens (tertiary/aromatic N) is 4. The van der Waals surface area contributed by atoms with Crippen LogP contribution in [-0.4, -0.2) is 24.9 Å². The number of fused-ring (bicyclic) bond motifs is 5. The van der Waals surface area contributed by atoms with Crippen molar-refractivity contribution in [2.24, 2.45) is 0 Å². The normalized spacial score (nSPS) is 11.7. The molecule has 6 nitrogen and oxygen atoms in total. The smallest absolute Gasteiger partial charge is 0.311 e. The first kappa shape index (κ1) is 24.2. The van der Waals surface area contributed by atoms with Gasteiger partial charge >= 0.3 is 5.97 Å². The van der Waals surface area contributed by atoms with Crippen molar-refractivity contribution in [3.05, 3.63) is 36.3 Å². The van der Waals surface area contributed by atoms with Crippen LogP contribution in [0.4, 0.5) is 0 Å². The van der Waals surface area contributed by atoms with E-state index in [0.29, 0.717) is 12.2 Å². The summed E-state index contributed by atoms with van der Waals surface area (Å²) in [6.45, 7) is 7.28. The fraction of sp³-hybridized carbons (Fsp3) is 0.536. The van der Waals surface area contributed by atoms with E-state index in [1.165, 1.54) is 38.5 Å². The molecule has 34 heavy (non-hydrogen) atoms. The number of rotatable bonds is 13. The standard InChI is InChI=1S/C28H38N4O2/c1-4-7-8-9-10-11-14-19-31-20-23(34-25(33)16-6-3)26-27(31)30-24(15-5-2)32-22-18-13-12-17-21(22)29-28(26)32/h12-13,17-18,20H,4-11,14-16,19H2,1-3H3. The van der Waals surface area contributed by atoms with Gasteiger partial charge in [0.25, 0.3) is 0 Å². The molecule has 0 saturated heterocycles. The van der Waals surface area contributed by atoms with Crippen LogP contribution in [-0.2, 0) is 17.8 Å². The summed E-state index contributed by atoms with van der Waals surface area (Å²) < 4.78 is 10.2. The maximum absolute atomic E-state index is 12.4. The van der Waals surface area contributed by atoms with Crippen molar-refractivity contribution in [1.82, 2.24) is 18.9 Å². The van der Waals surface area contributed by atoms with E-state index in [-0.39, 0.29) is 5.97 Å². The third kappa shape index (κ3) is 5.11. The minimum absolute atomic E-state index is 0.204. The Bertz CT molecular complexity index is 1250. The number of aromatic nitrogens is 4. The molecule has 6 heteroatoms. The van der Waals surface area contributed by atoms with Gasteiger partial charge in [-0.15, -0.1) is 0 Å². The second-order valence-electron chi connectivity index (χ2n) is 9.27. The molecular weight excluding hydrogens is 424 g/mol. The van der Waals surface area contributed by atoms with Crippen molar-refractivity contribution in [3.63, 3.8) is 0 Å². The third-order valence-electron chi connectivity index (χ3n) is 6.45. The maximum atomic E-state index is 12.4. The van der Waals surface area contributed by atoms with E-state index in [4.69, 9.17) is 14.7 Å². The number of ether oxygens (including phenoxy) is 1. The van der Waals surface area contributed by atoms with Gasteiger partial charge in [-0.2, -0.15) is 0 Å². The predicted molar refractivity (Wildman–Crippen MR) is 139 cm³/mol. The molecule has 4 aromatic rings. The second-order valence-corrected chi connectivity index (χ2v) is 9.27. The molecule has 0 fully saturated rings. The molecule has 0 aliphatic carbocycles. The molecule has 0 radical (unpaired) electrons. The monoisotopic (exact) mass is 462 g/mol. The number of hydrogen-bond acceptors (Lipinski definition) is 4. The van der Waals surface area contributed by atoms with Gasteiger partial charge in [-0.1, -0.05) is 71.4 Å². The van der Waals surface area contributed by atoms with Gasteiger partial charge in [0.2, 0.25) is 0 Å². The summed E-state index contributed by atoms with van der Waals surface area (Å²) in [7, 11) is 0. The van der Waals surface area contributed by atoms with Crippen LogP contribution in [0.3, 0.4) is 0 Å². The first-order valence-electron chi connectivity index (χ1n) is 13.2. The molecule has 0 saturated carbocycles. The third-order valence-corrected chi connectivity index (χ3v) is 6.45. The lowest BCUT2D eigenvalue weighted by molar-refractivity contribution is -0.134. The summed E-state index contributed by atoms with van der Waals surface area (Å²) in [5, 5.41) is 0.837. The summed E-state index contributed by atoms with van der Waals surface area (Å²) >= 11 is 0. The van der Waals surface area contributed by atoms with Gasteiger partial charge in [0, 0.05) is 25.6 Å². The highest BCUT2D eigenvalue weighted by Crippen LogP contribution is 2.34. The molecule has 3 aromatic heterocycles. The average molecular weight is 463 g/mol. The Labute approximate surface area is 202 Å². The molecule has 0 atom stereocenters. The molecule has 0 aliphatic heterocycles. The van der Waals surface area contributed by atoms with E-state index in [2.05, 4.69) is 28.9 Å². The summed E-state index contributed by atoms with van der Waals surface area (Å²) in [5.41, 5.74) is 3.67. The molecular formula is C28H38N4O2. The highest BCUT2D eigenvalue weighted by atomic mass is 16.5. The Morgan fingerprint density at radius 2 is 1.65 bits per heavy atom. The van der Waals surface area contributed by atoms with E-state index in [1.807, 2.05) is 31.3 Å². The summed E-state index contributed by atoms with van der Waals surface area (Å²) in [4.78, 5) is 22.5. The van der Waals surface area contributed by atoms with Crippen LogP contribution in [0.15, 0.2) is 30.5 Å². The SMILES string of the molecule is CCCCCCCCCn1cc(OC(=O)CCC)c2c1nc(CCC)n1c3ccccc3nc21. The number of para-hydroxylation sites is 2.